The molecule has 0 aromatic heterocycles. The highest BCUT2D eigenvalue weighted by Gasteiger charge is 2.37. The molecule has 2 aromatic carbocycles. The number of anilines is 1. The SMILES string of the molecule is CN1NC(=S)N2c3ccc(Br)cc3C(c3ccccc3F)=NCC12.O. The minimum Gasteiger partial charge on any atom is -0.412 e. The number of rotatable bonds is 1. The molecule has 1 saturated heterocycles. The Morgan fingerprint density at radius 3 is 2.76 bits per heavy atom. The molecule has 1 fully saturated rings. The van der Waals surface area contributed by atoms with Crippen LogP contribution >= 0.6 is 28.1 Å². The highest BCUT2D eigenvalue weighted by Crippen LogP contribution is 2.33. The van der Waals surface area contributed by atoms with E-state index < -0.39 is 0 Å². The van der Waals surface area contributed by atoms with Crippen LogP contribution in [-0.2, 0) is 0 Å². The molecule has 4 rings (SSSR count). The third kappa shape index (κ3) is 2.95. The summed E-state index contributed by atoms with van der Waals surface area (Å²) in [7, 11) is 1.93. The summed E-state index contributed by atoms with van der Waals surface area (Å²) >= 11 is 8.99. The number of nitrogens with one attached hydrogen (secondary N) is 1. The minimum atomic E-state index is -0.279. The van der Waals surface area contributed by atoms with Crippen molar-refractivity contribution in [2.45, 2.75) is 6.17 Å². The van der Waals surface area contributed by atoms with Gasteiger partial charge in [-0.05, 0) is 42.5 Å². The van der Waals surface area contributed by atoms with Gasteiger partial charge in [0, 0.05) is 22.6 Å². The van der Waals surface area contributed by atoms with Crippen LogP contribution in [0.15, 0.2) is 51.9 Å². The van der Waals surface area contributed by atoms with Crippen molar-refractivity contribution in [3.8, 4) is 0 Å². The molecule has 2 aliphatic heterocycles. The van der Waals surface area contributed by atoms with Crippen LogP contribution in [0.5, 0.6) is 0 Å². The Morgan fingerprint density at radius 2 is 2.00 bits per heavy atom. The minimum absolute atomic E-state index is 0. The lowest BCUT2D eigenvalue weighted by atomic mass is 10.00. The third-order valence-electron chi connectivity index (χ3n) is 4.25. The Balaban J connectivity index is 0.00000182. The van der Waals surface area contributed by atoms with Crippen molar-refractivity contribution in [1.29, 1.82) is 0 Å². The molecular formula is C17H16BrFN4OS. The normalized spacial score (nSPS) is 19.3. The second-order valence-electron chi connectivity index (χ2n) is 5.71. The van der Waals surface area contributed by atoms with Crippen LogP contribution < -0.4 is 10.3 Å². The number of benzene rings is 2. The van der Waals surface area contributed by atoms with Gasteiger partial charge in [-0.2, -0.15) is 5.01 Å². The average molecular weight is 423 g/mol. The van der Waals surface area contributed by atoms with Gasteiger partial charge in [0.15, 0.2) is 5.11 Å². The molecule has 0 radical (unpaired) electrons. The zero-order valence-corrected chi connectivity index (χ0v) is 15.7. The van der Waals surface area contributed by atoms with Crippen LogP contribution in [0, 0.1) is 5.82 Å². The molecule has 0 spiro atoms. The van der Waals surface area contributed by atoms with Crippen molar-refractivity contribution in [3.05, 3.63) is 63.9 Å². The lowest BCUT2D eigenvalue weighted by Crippen LogP contribution is -2.40. The fourth-order valence-corrected chi connectivity index (χ4v) is 3.84. The van der Waals surface area contributed by atoms with Gasteiger partial charge in [-0.3, -0.25) is 15.3 Å². The second kappa shape index (κ2) is 6.80. The van der Waals surface area contributed by atoms with Crippen LogP contribution in [0.2, 0.25) is 0 Å². The molecule has 1 unspecified atom stereocenters. The first-order chi connectivity index (χ1) is 11.6. The zero-order valence-electron chi connectivity index (χ0n) is 13.3. The Morgan fingerprint density at radius 1 is 1.24 bits per heavy atom. The van der Waals surface area contributed by atoms with Gasteiger partial charge in [-0.25, -0.2) is 4.39 Å². The van der Waals surface area contributed by atoms with Crippen LogP contribution in [0.1, 0.15) is 11.1 Å². The molecule has 0 aliphatic carbocycles. The number of halogens is 2. The van der Waals surface area contributed by atoms with Crippen LogP contribution in [0.25, 0.3) is 0 Å². The maximum absolute atomic E-state index is 14.4. The van der Waals surface area contributed by atoms with Crippen molar-refractivity contribution in [3.63, 3.8) is 0 Å². The van der Waals surface area contributed by atoms with Crippen molar-refractivity contribution in [2.24, 2.45) is 4.99 Å². The van der Waals surface area contributed by atoms with Gasteiger partial charge in [0.1, 0.15) is 12.0 Å². The van der Waals surface area contributed by atoms with E-state index in [1.165, 1.54) is 6.07 Å². The molecule has 1 atom stereocenters. The van der Waals surface area contributed by atoms with E-state index >= 15 is 0 Å². The van der Waals surface area contributed by atoms with Gasteiger partial charge in [0.05, 0.1) is 17.9 Å². The van der Waals surface area contributed by atoms with E-state index in [-0.39, 0.29) is 17.5 Å². The van der Waals surface area contributed by atoms with Crippen LogP contribution in [0.3, 0.4) is 0 Å². The maximum Gasteiger partial charge on any atom is 0.189 e. The van der Waals surface area contributed by atoms with E-state index in [0.29, 0.717) is 22.9 Å². The summed E-state index contributed by atoms with van der Waals surface area (Å²) in [5.74, 6) is -0.279. The molecule has 2 aliphatic rings. The standard InChI is InChI=1S/C17H14BrFN4S.H2O/c1-22-15-9-20-16(11-4-2-3-5-13(11)19)12-8-10(18)6-7-14(12)23(15)17(24)21-22;/h2-8,15H,9H2,1H3,(H,21,24);1H2. The second-order valence-corrected chi connectivity index (χ2v) is 7.01. The molecular weight excluding hydrogens is 407 g/mol. The van der Waals surface area contributed by atoms with E-state index in [4.69, 9.17) is 17.2 Å². The Bertz CT molecular complexity index is 875. The molecule has 25 heavy (non-hydrogen) atoms. The predicted octanol–water partition coefficient (Wildman–Crippen LogP) is 2.48. The number of likely N-dealkylation sites (N-methyl/N-ethyl adjacent to an activating group) is 1. The van der Waals surface area contributed by atoms with E-state index in [0.717, 1.165) is 15.7 Å². The fourth-order valence-electron chi connectivity index (χ4n) is 3.11. The highest BCUT2D eigenvalue weighted by molar-refractivity contribution is 9.10. The summed E-state index contributed by atoms with van der Waals surface area (Å²) in [5, 5.41) is 2.55. The molecule has 8 heteroatoms. The van der Waals surface area contributed by atoms with Crippen molar-refractivity contribution in [2.75, 3.05) is 18.5 Å². The van der Waals surface area contributed by atoms with Crippen molar-refractivity contribution >= 4 is 44.7 Å². The quantitative estimate of drug-likeness (QED) is 0.717. The zero-order chi connectivity index (χ0) is 16.8. The van der Waals surface area contributed by atoms with Crippen LogP contribution in [0.4, 0.5) is 10.1 Å². The summed E-state index contributed by atoms with van der Waals surface area (Å²) in [6, 6.07) is 12.6. The number of hydrogen-bond donors (Lipinski definition) is 1. The first kappa shape index (κ1) is 17.9. The number of fused-ring (bicyclic) bond motifs is 3. The first-order valence-corrected chi connectivity index (χ1v) is 8.68. The van der Waals surface area contributed by atoms with Crippen molar-refractivity contribution in [1.82, 2.24) is 10.4 Å². The summed E-state index contributed by atoms with van der Waals surface area (Å²) in [5.41, 5.74) is 6.07. The summed E-state index contributed by atoms with van der Waals surface area (Å²) in [4.78, 5) is 6.77. The number of thiocarbonyl (C=S) groups is 1. The number of hydrogen-bond acceptors (Lipinski definition) is 3. The lowest BCUT2D eigenvalue weighted by Gasteiger charge is -2.25. The molecule has 2 heterocycles. The van der Waals surface area contributed by atoms with E-state index in [1.54, 1.807) is 12.1 Å². The molecule has 0 saturated carbocycles. The van der Waals surface area contributed by atoms with Gasteiger partial charge in [-0.15, -0.1) is 0 Å². The third-order valence-corrected chi connectivity index (χ3v) is 5.03. The topological polar surface area (TPSA) is 62.4 Å². The smallest absolute Gasteiger partial charge is 0.189 e. The van der Waals surface area contributed by atoms with Gasteiger partial charge in [0.2, 0.25) is 0 Å². The van der Waals surface area contributed by atoms with E-state index in [1.807, 2.05) is 41.2 Å². The van der Waals surface area contributed by atoms with Gasteiger partial charge in [-0.1, -0.05) is 28.1 Å². The van der Waals surface area contributed by atoms with Gasteiger partial charge < -0.3 is 5.48 Å². The summed E-state index contributed by atoms with van der Waals surface area (Å²) in [6.45, 7) is 0.486. The molecule has 130 valence electrons. The number of hydrazine groups is 1. The monoisotopic (exact) mass is 422 g/mol. The predicted molar refractivity (Wildman–Crippen MR) is 104 cm³/mol. The van der Waals surface area contributed by atoms with Gasteiger partial charge in [0.25, 0.3) is 0 Å². The first-order valence-electron chi connectivity index (χ1n) is 7.48. The fraction of sp³-hybridized carbons (Fsp3) is 0.176. The van der Waals surface area contributed by atoms with E-state index in [2.05, 4.69) is 21.4 Å². The molecule has 0 amide bonds. The summed E-state index contributed by atoms with van der Waals surface area (Å²) < 4.78 is 15.3. The largest absolute Gasteiger partial charge is 0.412 e. The molecule has 0 bridgehead atoms. The van der Waals surface area contributed by atoms with E-state index in [9.17, 15) is 4.39 Å². The maximum atomic E-state index is 14.4. The number of nitrogens with zero attached hydrogens (tertiary/aromatic N) is 3. The summed E-state index contributed by atoms with van der Waals surface area (Å²) in [6.07, 6.45) is -0.0401. The molecule has 3 N–H and O–H groups in total. The number of aliphatic imine (C=N–C) groups is 1. The average Bonchev–Trinajstić information content (AvgIpc) is 2.74. The lowest BCUT2D eigenvalue weighted by molar-refractivity contribution is 0.255. The Kier molecular flexibility index (Phi) is 4.88. The van der Waals surface area contributed by atoms with Gasteiger partial charge >= 0.3 is 0 Å². The highest BCUT2D eigenvalue weighted by atomic mass is 79.9. The van der Waals surface area contributed by atoms with Crippen molar-refractivity contribution < 1.29 is 9.87 Å². The Labute approximate surface area is 158 Å². The van der Waals surface area contributed by atoms with Crippen LogP contribution in [-0.4, -0.2) is 41.1 Å². The molecule has 5 nitrogen and oxygen atoms in total. The molecule has 2 aromatic rings. The Hall–Kier alpha value is -1.87.